The predicted molar refractivity (Wildman–Crippen MR) is 112 cm³/mol. The number of pyridine rings is 1. The molecule has 2 fully saturated rings. The number of aryl methyl sites for hydroxylation is 1. The van der Waals surface area contributed by atoms with Crippen LogP contribution in [0.15, 0.2) is 15.5 Å². The van der Waals surface area contributed by atoms with Crippen LogP contribution >= 0.6 is 15.9 Å². The fraction of sp³-hybridized carbons (Fsp3) is 0.650. The van der Waals surface area contributed by atoms with Gasteiger partial charge in [-0.25, -0.2) is 4.98 Å². The van der Waals surface area contributed by atoms with Crippen molar-refractivity contribution in [3.8, 4) is 0 Å². The van der Waals surface area contributed by atoms with Crippen LogP contribution in [0.5, 0.6) is 0 Å². The number of hydrogen-bond donors (Lipinski definition) is 2. The van der Waals surface area contributed by atoms with Crippen molar-refractivity contribution in [1.29, 1.82) is 0 Å². The number of nitrogens with zero attached hydrogens (tertiary/aromatic N) is 3. The van der Waals surface area contributed by atoms with Gasteiger partial charge in [-0.15, -0.1) is 0 Å². The third-order valence-electron chi connectivity index (χ3n) is 6.25. The Kier molecular flexibility index (Phi) is 5.71. The van der Waals surface area contributed by atoms with Crippen molar-refractivity contribution in [2.75, 3.05) is 18.5 Å². The van der Waals surface area contributed by atoms with E-state index in [9.17, 15) is 9.90 Å². The molecular weight excluding hydrogens is 424 g/mol. The van der Waals surface area contributed by atoms with E-state index < -0.39 is 6.10 Å². The molecule has 0 spiro atoms. The van der Waals surface area contributed by atoms with Gasteiger partial charge in [0, 0.05) is 24.2 Å². The highest BCUT2D eigenvalue weighted by Gasteiger charge is 2.31. The third-order valence-corrected chi connectivity index (χ3v) is 7.19. The van der Waals surface area contributed by atoms with Crippen molar-refractivity contribution in [3.05, 3.63) is 26.6 Å². The van der Waals surface area contributed by atoms with Crippen LogP contribution in [0.3, 0.4) is 0 Å². The van der Waals surface area contributed by atoms with Crippen LogP contribution in [0.1, 0.15) is 50.6 Å². The number of aliphatic hydroxyl groups is 1. The lowest BCUT2D eigenvalue weighted by atomic mass is 10.00. The van der Waals surface area contributed by atoms with Crippen molar-refractivity contribution in [3.63, 3.8) is 0 Å². The standard InChI is InChI=1S/C20H27BrN4O3/c1-3-12-5-4-6-15(12)25-18-13(11(2)17(21)19(25)27)9-22-20(24-18)23-14-7-8-28-10-16(14)26/h9,12,14-16,26H,3-8,10H2,1-2H3,(H,22,23,24)/t12-,14+,15+,16+/m0/s1. The first-order valence-electron chi connectivity index (χ1n) is 10.1. The highest BCUT2D eigenvalue weighted by molar-refractivity contribution is 9.10. The van der Waals surface area contributed by atoms with E-state index in [-0.39, 0.29) is 17.6 Å². The van der Waals surface area contributed by atoms with E-state index in [0.29, 0.717) is 41.6 Å². The molecule has 28 heavy (non-hydrogen) atoms. The minimum Gasteiger partial charge on any atom is -0.389 e. The molecule has 0 radical (unpaired) electrons. The zero-order valence-corrected chi connectivity index (χ0v) is 17.9. The Morgan fingerprint density at radius 1 is 1.39 bits per heavy atom. The molecule has 0 bridgehead atoms. The second-order valence-electron chi connectivity index (χ2n) is 7.89. The minimum atomic E-state index is -0.596. The molecule has 2 aromatic rings. The summed E-state index contributed by atoms with van der Waals surface area (Å²) >= 11 is 3.49. The normalized spacial score (nSPS) is 28.0. The number of ether oxygens (including phenoxy) is 1. The predicted octanol–water partition coefficient (Wildman–Crippen LogP) is 3.18. The molecule has 2 N–H and O–H groups in total. The molecule has 1 aliphatic heterocycles. The average molecular weight is 451 g/mol. The van der Waals surface area contributed by atoms with Gasteiger partial charge in [0.1, 0.15) is 5.65 Å². The Labute approximate surface area is 172 Å². The summed E-state index contributed by atoms with van der Waals surface area (Å²) in [5.74, 6) is 0.929. The Morgan fingerprint density at radius 2 is 2.21 bits per heavy atom. The van der Waals surface area contributed by atoms with Gasteiger partial charge in [0.15, 0.2) is 0 Å². The maximum absolute atomic E-state index is 13.2. The number of rotatable bonds is 4. The minimum absolute atomic E-state index is 0.0221. The molecule has 4 atom stereocenters. The molecule has 0 amide bonds. The first kappa shape index (κ1) is 19.8. The van der Waals surface area contributed by atoms with E-state index in [4.69, 9.17) is 9.72 Å². The lowest BCUT2D eigenvalue weighted by Crippen LogP contribution is -2.42. The average Bonchev–Trinajstić information content (AvgIpc) is 3.16. The van der Waals surface area contributed by atoms with E-state index in [1.54, 1.807) is 6.20 Å². The lowest BCUT2D eigenvalue weighted by molar-refractivity contribution is -0.0136. The van der Waals surface area contributed by atoms with Crippen LogP contribution in [0, 0.1) is 12.8 Å². The number of aliphatic hydroxyl groups excluding tert-OH is 1. The monoisotopic (exact) mass is 450 g/mol. The fourth-order valence-corrected chi connectivity index (χ4v) is 4.97. The quantitative estimate of drug-likeness (QED) is 0.743. The van der Waals surface area contributed by atoms with E-state index in [1.807, 2.05) is 11.5 Å². The molecule has 1 aliphatic carbocycles. The first-order valence-corrected chi connectivity index (χ1v) is 10.9. The van der Waals surface area contributed by atoms with Crippen molar-refractivity contribution in [1.82, 2.24) is 14.5 Å². The van der Waals surface area contributed by atoms with Crippen LogP contribution < -0.4 is 10.9 Å². The summed E-state index contributed by atoms with van der Waals surface area (Å²) in [5, 5.41) is 14.3. The Bertz CT molecular complexity index is 932. The highest BCUT2D eigenvalue weighted by Crippen LogP contribution is 2.39. The molecule has 3 heterocycles. The molecule has 152 valence electrons. The second kappa shape index (κ2) is 8.08. The van der Waals surface area contributed by atoms with E-state index in [2.05, 4.69) is 33.2 Å². The molecule has 2 aromatic heterocycles. The summed E-state index contributed by atoms with van der Waals surface area (Å²) in [6.07, 6.45) is 6.19. The van der Waals surface area contributed by atoms with Crippen LogP contribution in [0.4, 0.5) is 5.95 Å². The third kappa shape index (κ3) is 3.46. The number of anilines is 1. The molecular formula is C20H27BrN4O3. The number of halogens is 1. The van der Waals surface area contributed by atoms with E-state index >= 15 is 0 Å². The van der Waals surface area contributed by atoms with Gasteiger partial charge in [-0.1, -0.05) is 19.8 Å². The molecule has 2 aliphatic rings. The summed E-state index contributed by atoms with van der Waals surface area (Å²) in [6, 6.07) is 0.00566. The van der Waals surface area contributed by atoms with Crippen LogP contribution in [-0.4, -0.2) is 45.0 Å². The number of nitrogens with one attached hydrogen (secondary N) is 1. The Morgan fingerprint density at radius 3 is 2.96 bits per heavy atom. The van der Waals surface area contributed by atoms with Gasteiger partial charge in [-0.05, 0) is 53.6 Å². The van der Waals surface area contributed by atoms with Crippen molar-refractivity contribution >= 4 is 32.9 Å². The van der Waals surface area contributed by atoms with Crippen LogP contribution in [-0.2, 0) is 4.74 Å². The number of aromatic nitrogens is 3. The smallest absolute Gasteiger partial charge is 0.267 e. The Hall–Kier alpha value is -1.51. The van der Waals surface area contributed by atoms with Gasteiger partial charge in [0.05, 0.1) is 23.2 Å². The van der Waals surface area contributed by atoms with Crippen molar-refractivity contribution < 1.29 is 9.84 Å². The fourth-order valence-electron chi connectivity index (χ4n) is 4.57. The zero-order chi connectivity index (χ0) is 19.8. The largest absolute Gasteiger partial charge is 0.389 e. The molecule has 7 nitrogen and oxygen atoms in total. The lowest BCUT2D eigenvalue weighted by Gasteiger charge is -2.28. The van der Waals surface area contributed by atoms with Crippen molar-refractivity contribution in [2.45, 2.75) is 64.1 Å². The summed E-state index contributed by atoms with van der Waals surface area (Å²) < 4.78 is 7.76. The molecule has 0 aromatic carbocycles. The Balaban J connectivity index is 1.81. The van der Waals surface area contributed by atoms with Gasteiger partial charge < -0.3 is 15.2 Å². The number of fused-ring (bicyclic) bond motifs is 1. The van der Waals surface area contributed by atoms with Gasteiger partial charge in [0.2, 0.25) is 5.95 Å². The molecule has 4 rings (SSSR count). The summed E-state index contributed by atoms with van der Waals surface area (Å²) in [7, 11) is 0. The van der Waals surface area contributed by atoms with E-state index in [0.717, 1.165) is 36.6 Å². The molecule has 1 saturated carbocycles. The highest BCUT2D eigenvalue weighted by atomic mass is 79.9. The topological polar surface area (TPSA) is 89.3 Å². The zero-order valence-electron chi connectivity index (χ0n) is 16.3. The molecule has 1 saturated heterocycles. The maximum Gasteiger partial charge on any atom is 0.267 e. The molecule has 8 heteroatoms. The maximum atomic E-state index is 13.2. The van der Waals surface area contributed by atoms with Gasteiger partial charge in [-0.3, -0.25) is 9.36 Å². The van der Waals surface area contributed by atoms with Crippen LogP contribution in [0.2, 0.25) is 0 Å². The summed E-state index contributed by atoms with van der Waals surface area (Å²) in [5.41, 5.74) is 1.51. The van der Waals surface area contributed by atoms with Crippen LogP contribution in [0.25, 0.3) is 11.0 Å². The van der Waals surface area contributed by atoms with Gasteiger partial charge >= 0.3 is 0 Å². The van der Waals surface area contributed by atoms with Crippen molar-refractivity contribution in [2.24, 2.45) is 5.92 Å². The first-order chi connectivity index (χ1) is 13.5. The van der Waals surface area contributed by atoms with E-state index in [1.165, 1.54) is 0 Å². The number of hydrogen-bond acceptors (Lipinski definition) is 6. The van der Waals surface area contributed by atoms with Gasteiger partial charge in [0.25, 0.3) is 5.56 Å². The molecule has 0 unspecified atom stereocenters. The van der Waals surface area contributed by atoms with Gasteiger partial charge in [-0.2, -0.15) is 4.98 Å². The summed E-state index contributed by atoms with van der Waals surface area (Å²) in [6.45, 7) is 5.01. The SMILES string of the molecule is CC[C@H]1CCC[C@H]1n1c(=O)c(Br)c(C)c2cnc(N[C@@H]3CCOC[C@H]3O)nc21. The summed E-state index contributed by atoms with van der Waals surface area (Å²) in [4.78, 5) is 22.4. The second-order valence-corrected chi connectivity index (χ2v) is 8.69.